The molecule has 0 saturated heterocycles. The second-order valence-electron chi connectivity index (χ2n) is 0.708. The Morgan fingerprint density at radius 2 is 1.30 bits per heavy atom. The van der Waals surface area contributed by atoms with Crippen LogP contribution in [0.15, 0.2) is 0 Å². The van der Waals surface area contributed by atoms with Gasteiger partial charge in [-0.25, -0.2) is 0 Å². The summed E-state index contributed by atoms with van der Waals surface area (Å²) < 4.78 is 33.4. The molecule has 0 aromatic heterocycles. The Kier molecular flexibility index (Phi) is 16.3. The number of hydrogen-bond donors (Lipinski definition) is 3. The summed E-state index contributed by atoms with van der Waals surface area (Å²) in [6.07, 6.45) is 0. The molecule has 7 nitrogen and oxygen atoms in total. The molecule has 0 aliphatic rings. The quantitative estimate of drug-likeness (QED) is 0.287. The standard InChI is InChI=1S/K.H3O4P.H2O.2O.W/c;1-5(2,3)4;;;;/h;(H3,1,2,3,4);1H2;;;/q+1;;;;;+1/p-2. The Morgan fingerprint density at radius 3 is 1.30 bits per heavy atom. The Labute approximate surface area is 105 Å². The molecule has 0 fully saturated rings. The third-order valence-corrected chi connectivity index (χ3v) is 0. The van der Waals surface area contributed by atoms with Crippen LogP contribution >= 0.6 is 7.82 Å². The van der Waals surface area contributed by atoms with Crippen LogP contribution in [0.2, 0.25) is 0 Å². The summed E-state index contributed by atoms with van der Waals surface area (Å²) in [5.41, 5.74) is 0. The van der Waals surface area contributed by atoms with Crippen LogP contribution in [0.25, 0.3) is 0 Å². The average Bonchev–Trinajstić information content (AvgIpc) is 1.19. The van der Waals surface area contributed by atoms with E-state index in [2.05, 4.69) is 0 Å². The van der Waals surface area contributed by atoms with Crippen molar-refractivity contribution in [1.82, 2.24) is 0 Å². The van der Waals surface area contributed by atoms with Gasteiger partial charge in [-0.3, -0.25) is 4.57 Å². The first-order chi connectivity index (χ1) is 3.73. The number of hydrogen-bond acceptors (Lipinski definition) is 4. The van der Waals surface area contributed by atoms with Gasteiger partial charge in [0.25, 0.3) is 7.82 Å². The molecule has 0 aliphatic heterocycles. The Balaban J connectivity index is -0.0000000910. The second kappa shape index (κ2) is 9.09. The van der Waals surface area contributed by atoms with Gasteiger partial charge in [-0.1, -0.05) is 0 Å². The van der Waals surface area contributed by atoms with Crippen molar-refractivity contribution in [3.63, 3.8) is 0 Å². The first-order valence-electron chi connectivity index (χ1n) is 1.28. The van der Waals surface area contributed by atoms with Crippen molar-refractivity contribution < 1.29 is 98.8 Å². The normalized spacial score (nSPS) is 8.40. The predicted molar refractivity (Wildman–Crippen MR) is 15.6 cm³/mol. The van der Waals surface area contributed by atoms with Gasteiger partial charge in [0, 0.05) is 0 Å². The SMILES string of the molecule is O=P([O-])(O)O.[K+].[O]=[W](=[O])[OH]. The monoisotopic (exact) mass is 369 g/mol. The molecule has 10 heavy (non-hydrogen) atoms. The van der Waals surface area contributed by atoms with Crippen molar-refractivity contribution in [3.05, 3.63) is 0 Å². The van der Waals surface area contributed by atoms with Gasteiger partial charge in [0.1, 0.15) is 0 Å². The van der Waals surface area contributed by atoms with Crippen LogP contribution < -0.4 is 56.3 Å². The summed E-state index contributed by atoms with van der Waals surface area (Å²) in [7, 11) is -4.89. The molecule has 57 valence electrons. The summed E-state index contributed by atoms with van der Waals surface area (Å²) >= 11 is -4.03. The molecular formula is H3KO7PW. The van der Waals surface area contributed by atoms with E-state index in [9.17, 15) is 0 Å². The van der Waals surface area contributed by atoms with Crippen LogP contribution in [-0.4, -0.2) is 13.5 Å². The zero-order valence-electron chi connectivity index (χ0n) is 4.83. The van der Waals surface area contributed by atoms with Crippen LogP contribution in [0.1, 0.15) is 0 Å². The molecule has 0 atom stereocenters. The molecule has 0 aromatic rings. The Hall–Kier alpha value is 1.99. The van der Waals surface area contributed by atoms with Crippen LogP contribution in [0, 0.1) is 0 Å². The number of phosphoric acid groups is 1. The molecule has 0 aromatic carbocycles. The van der Waals surface area contributed by atoms with Gasteiger partial charge in [0.15, 0.2) is 0 Å². The van der Waals surface area contributed by atoms with E-state index in [-0.39, 0.29) is 51.4 Å². The van der Waals surface area contributed by atoms with Gasteiger partial charge in [-0.05, 0) is 0 Å². The van der Waals surface area contributed by atoms with E-state index < -0.39 is 25.4 Å². The summed E-state index contributed by atoms with van der Waals surface area (Å²) in [6.45, 7) is 0. The number of rotatable bonds is 0. The van der Waals surface area contributed by atoms with E-state index in [4.69, 9.17) is 29.8 Å². The van der Waals surface area contributed by atoms with Crippen LogP contribution in [-0.2, 0) is 29.0 Å². The van der Waals surface area contributed by atoms with Crippen LogP contribution in [0.4, 0.5) is 0 Å². The van der Waals surface area contributed by atoms with Crippen LogP contribution in [0.3, 0.4) is 0 Å². The molecule has 0 unspecified atom stereocenters. The average molecular weight is 369 g/mol. The summed E-state index contributed by atoms with van der Waals surface area (Å²) in [6, 6.07) is 0. The third-order valence-electron chi connectivity index (χ3n) is 0. The van der Waals surface area contributed by atoms with Crippen molar-refractivity contribution in [2.45, 2.75) is 0 Å². The maximum atomic E-state index is 8.77. The molecule has 0 aliphatic carbocycles. The first-order valence-corrected chi connectivity index (χ1v) is 6.52. The Morgan fingerprint density at radius 1 is 1.30 bits per heavy atom. The van der Waals surface area contributed by atoms with Gasteiger partial charge < -0.3 is 14.7 Å². The third kappa shape index (κ3) is 203. The zero-order chi connectivity index (χ0) is 8.08. The van der Waals surface area contributed by atoms with Crippen molar-refractivity contribution in [2.75, 3.05) is 0 Å². The first kappa shape index (κ1) is 17.9. The molecule has 0 bridgehead atoms. The van der Waals surface area contributed by atoms with Crippen LogP contribution in [0.5, 0.6) is 0 Å². The van der Waals surface area contributed by atoms with E-state index in [0.29, 0.717) is 0 Å². The van der Waals surface area contributed by atoms with Gasteiger partial charge in [-0.2, -0.15) is 0 Å². The molecule has 0 spiro atoms. The zero-order valence-corrected chi connectivity index (χ0v) is 11.8. The van der Waals surface area contributed by atoms with Crippen molar-refractivity contribution >= 4 is 7.82 Å². The predicted octanol–water partition coefficient (Wildman–Crippen LogP) is -5.35. The molecule has 3 N–H and O–H groups in total. The minimum atomic E-state index is -4.89. The van der Waals surface area contributed by atoms with Gasteiger partial charge in [0.2, 0.25) is 0 Å². The van der Waals surface area contributed by atoms with E-state index in [1.165, 1.54) is 0 Å². The molecular weight excluding hydrogens is 366 g/mol. The van der Waals surface area contributed by atoms with Crippen molar-refractivity contribution in [2.24, 2.45) is 0 Å². The van der Waals surface area contributed by atoms with Crippen molar-refractivity contribution in [3.8, 4) is 0 Å². The molecule has 10 heteroatoms. The summed E-state index contributed by atoms with van der Waals surface area (Å²) in [4.78, 5) is 22.9. The van der Waals surface area contributed by atoms with Crippen molar-refractivity contribution in [1.29, 1.82) is 0 Å². The van der Waals surface area contributed by atoms with E-state index in [1.807, 2.05) is 0 Å². The van der Waals surface area contributed by atoms with Gasteiger partial charge >= 0.3 is 79.6 Å². The van der Waals surface area contributed by atoms with E-state index >= 15 is 0 Å². The summed E-state index contributed by atoms with van der Waals surface area (Å²) in [5.74, 6) is 0. The Bertz CT molecular complexity index is 148. The van der Waals surface area contributed by atoms with E-state index in [1.54, 1.807) is 0 Å². The molecule has 0 heterocycles. The maximum absolute atomic E-state index is 8.77. The fraction of sp³-hybridized carbons (Fsp3) is 0. The topological polar surface area (TPSA) is 135 Å². The van der Waals surface area contributed by atoms with Gasteiger partial charge in [0.05, 0.1) is 0 Å². The fourth-order valence-electron chi connectivity index (χ4n) is 0. The molecule has 0 radical (unpaired) electrons. The van der Waals surface area contributed by atoms with E-state index in [0.717, 1.165) is 0 Å². The fourth-order valence-corrected chi connectivity index (χ4v) is 0. The second-order valence-corrected chi connectivity index (χ2v) is 3.25. The molecule has 0 amide bonds. The van der Waals surface area contributed by atoms with Gasteiger partial charge in [-0.15, -0.1) is 0 Å². The summed E-state index contributed by atoms with van der Waals surface area (Å²) in [5, 5.41) is 0. The molecule has 0 saturated carbocycles. The minimum absolute atomic E-state index is 0. The molecule has 0 rings (SSSR count).